The summed E-state index contributed by atoms with van der Waals surface area (Å²) < 4.78 is 14.8. The number of nitrogens with one attached hydrogen (secondary N) is 1. The van der Waals surface area contributed by atoms with Gasteiger partial charge in [-0.15, -0.1) is 0 Å². The van der Waals surface area contributed by atoms with Gasteiger partial charge in [-0.2, -0.15) is 0 Å². The molecular formula is C24H26Cl2N4O3-2. The number of rotatable bonds is 8. The van der Waals surface area contributed by atoms with Crippen LogP contribution in [0.25, 0.3) is 11.0 Å². The molecule has 0 fully saturated rings. The Morgan fingerprint density at radius 3 is 2.33 bits per heavy atom. The standard InChI is InChI=1S/C24H26N4O3.2ClH/c1-27-20-8-6-18(11-21(20)28(2)24(27)29)16-31-22-9-7-17(12-23(22)30-3)13-26-15-19-5-4-10-25-14-19;;/h4-12,14,26H,13,15-16H2,1-3H3;2*1H/p-2. The number of aryl methyl sites for hydroxylation is 2. The predicted octanol–water partition coefficient (Wildman–Crippen LogP) is -2.84. The first-order chi connectivity index (χ1) is 15.1. The highest BCUT2D eigenvalue weighted by Crippen LogP contribution is 2.29. The number of hydrogen-bond donors (Lipinski definition) is 1. The predicted molar refractivity (Wildman–Crippen MR) is 120 cm³/mol. The van der Waals surface area contributed by atoms with E-state index in [0.717, 1.165) is 34.3 Å². The molecule has 0 amide bonds. The van der Waals surface area contributed by atoms with Crippen LogP contribution in [0, 0.1) is 0 Å². The van der Waals surface area contributed by atoms with E-state index in [2.05, 4.69) is 10.3 Å². The van der Waals surface area contributed by atoms with Gasteiger partial charge in [-0.25, -0.2) is 4.79 Å². The number of aromatic nitrogens is 3. The molecule has 7 nitrogen and oxygen atoms in total. The molecule has 2 heterocycles. The molecule has 1 N–H and O–H groups in total. The zero-order valence-electron chi connectivity index (χ0n) is 18.7. The molecular weight excluding hydrogens is 463 g/mol. The van der Waals surface area contributed by atoms with E-state index in [1.54, 1.807) is 36.5 Å². The van der Waals surface area contributed by atoms with Crippen molar-refractivity contribution in [1.29, 1.82) is 0 Å². The second kappa shape index (κ2) is 11.7. The lowest BCUT2D eigenvalue weighted by Gasteiger charge is -2.13. The zero-order valence-corrected chi connectivity index (χ0v) is 20.2. The molecule has 0 aliphatic carbocycles. The van der Waals surface area contributed by atoms with Crippen molar-refractivity contribution in [3.8, 4) is 11.5 Å². The van der Waals surface area contributed by atoms with Crippen molar-refractivity contribution in [3.05, 3.63) is 88.1 Å². The van der Waals surface area contributed by atoms with Gasteiger partial charge in [-0.3, -0.25) is 14.1 Å². The van der Waals surface area contributed by atoms with E-state index in [0.29, 0.717) is 24.7 Å². The van der Waals surface area contributed by atoms with Crippen molar-refractivity contribution < 1.29 is 34.3 Å². The minimum Gasteiger partial charge on any atom is -1.00 e. The lowest BCUT2D eigenvalue weighted by Crippen LogP contribution is -3.00. The summed E-state index contributed by atoms with van der Waals surface area (Å²) in [6, 6.07) is 15.8. The maximum absolute atomic E-state index is 12.1. The zero-order chi connectivity index (χ0) is 21.8. The average molecular weight is 489 g/mol. The molecule has 0 bridgehead atoms. The van der Waals surface area contributed by atoms with Crippen LogP contribution in [0.1, 0.15) is 16.7 Å². The molecule has 0 unspecified atom stereocenters. The summed E-state index contributed by atoms with van der Waals surface area (Å²) in [5.41, 5.74) is 4.98. The first-order valence-corrected chi connectivity index (χ1v) is 10.1. The molecule has 0 atom stereocenters. The van der Waals surface area contributed by atoms with Crippen molar-refractivity contribution >= 4 is 11.0 Å². The second-order valence-corrected chi connectivity index (χ2v) is 7.46. The van der Waals surface area contributed by atoms with Gasteiger partial charge in [0.1, 0.15) is 6.61 Å². The molecule has 9 heteroatoms. The van der Waals surface area contributed by atoms with E-state index < -0.39 is 0 Å². The van der Waals surface area contributed by atoms with Crippen LogP contribution in [0.15, 0.2) is 65.7 Å². The summed E-state index contributed by atoms with van der Waals surface area (Å²) in [6.45, 7) is 1.84. The van der Waals surface area contributed by atoms with Crippen molar-refractivity contribution in [1.82, 2.24) is 19.4 Å². The van der Waals surface area contributed by atoms with Crippen molar-refractivity contribution in [3.63, 3.8) is 0 Å². The molecule has 0 aliphatic rings. The van der Waals surface area contributed by atoms with Crippen LogP contribution in [-0.2, 0) is 33.8 Å². The normalized spacial score (nSPS) is 10.4. The van der Waals surface area contributed by atoms with Gasteiger partial charge in [0.05, 0.1) is 18.1 Å². The van der Waals surface area contributed by atoms with Crippen LogP contribution < -0.4 is 45.3 Å². The number of nitrogens with zero attached hydrogens (tertiary/aromatic N) is 3. The number of ether oxygens (including phenoxy) is 2. The first kappa shape index (κ1) is 26.3. The molecule has 0 radical (unpaired) electrons. The van der Waals surface area contributed by atoms with E-state index >= 15 is 0 Å². The summed E-state index contributed by atoms with van der Waals surface area (Å²) in [5.74, 6) is 1.37. The van der Waals surface area contributed by atoms with Gasteiger partial charge in [0.25, 0.3) is 0 Å². The van der Waals surface area contributed by atoms with Crippen LogP contribution in [-0.4, -0.2) is 21.2 Å². The van der Waals surface area contributed by atoms with Gasteiger partial charge in [0.2, 0.25) is 0 Å². The third-order valence-electron chi connectivity index (χ3n) is 5.34. The van der Waals surface area contributed by atoms with Crippen LogP contribution >= 0.6 is 0 Å². The van der Waals surface area contributed by atoms with Crippen LogP contribution in [0.5, 0.6) is 11.5 Å². The van der Waals surface area contributed by atoms with Crippen LogP contribution in [0.4, 0.5) is 0 Å². The van der Waals surface area contributed by atoms with Gasteiger partial charge < -0.3 is 39.6 Å². The molecule has 0 saturated heterocycles. The third kappa shape index (κ3) is 5.87. The van der Waals surface area contributed by atoms with Crippen molar-refractivity contribution in [2.24, 2.45) is 14.1 Å². The molecule has 33 heavy (non-hydrogen) atoms. The number of benzene rings is 2. The Kier molecular flexibility index (Phi) is 9.34. The monoisotopic (exact) mass is 488 g/mol. The van der Waals surface area contributed by atoms with Gasteiger partial charge in [0.15, 0.2) is 11.5 Å². The highest BCUT2D eigenvalue weighted by Gasteiger charge is 2.10. The number of hydrogen-bond acceptors (Lipinski definition) is 5. The van der Waals surface area contributed by atoms with Gasteiger partial charge in [-0.1, -0.05) is 18.2 Å². The Balaban J connectivity index is 0.00000193. The number of imidazole rings is 1. The smallest absolute Gasteiger partial charge is 0.328 e. The number of halogens is 2. The molecule has 2 aromatic heterocycles. The summed E-state index contributed by atoms with van der Waals surface area (Å²) >= 11 is 0. The minimum absolute atomic E-state index is 0. The van der Waals surface area contributed by atoms with E-state index in [-0.39, 0.29) is 30.5 Å². The van der Waals surface area contributed by atoms with E-state index in [1.807, 2.05) is 54.7 Å². The highest BCUT2D eigenvalue weighted by molar-refractivity contribution is 5.76. The van der Waals surface area contributed by atoms with Gasteiger partial charge in [0, 0.05) is 39.6 Å². The summed E-state index contributed by atoms with van der Waals surface area (Å²) in [4.78, 5) is 16.2. The molecule has 0 spiro atoms. The average Bonchev–Trinajstić information content (AvgIpc) is 3.02. The third-order valence-corrected chi connectivity index (χ3v) is 5.34. The van der Waals surface area contributed by atoms with E-state index in [9.17, 15) is 4.79 Å². The molecule has 176 valence electrons. The number of pyridine rings is 1. The Morgan fingerprint density at radius 2 is 1.61 bits per heavy atom. The minimum atomic E-state index is -0.0394. The second-order valence-electron chi connectivity index (χ2n) is 7.46. The largest absolute Gasteiger partial charge is 1.00 e. The van der Waals surface area contributed by atoms with E-state index in [4.69, 9.17) is 9.47 Å². The van der Waals surface area contributed by atoms with Crippen molar-refractivity contribution in [2.45, 2.75) is 19.7 Å². The van der Waals surface area contributed by atoms with Crippen LogP contribution in [0.2, 0.25) is 0 Å². The lowest BCUT2D eigenvalue weighted by molar-refractivity contribution is -0.001000. The Labute approximate surface area is 205 Å². The lowest BCUT2D eigenvalue weighted by atomic mass is 10.2. The van der Waals surface area contributed by atoms with Gasteiger partial charge >= 0.3 is 5.69 Å². The first-order valence-electron chi connectivity index (χ1n) is 10.1. The summed E-state index contributed by atoms with van der Waals surface area (Å²) in [5, 5.41) is 3.41. The fourth-order valence-electron chi connectivity index (χ4n) is 3.60. The highest BCUT2D eigenvalue weighted by atomic mass is 35.5. The Morgan fingerprint density at radius 1 is 0.879 bits per heavy atom. The van der Waals surface area contributed by atoms with Gasteiger partial charge in [-0.05, 0) is 47.0 Å². The number of methoxy groups -OCH3 is 1. The Hall–Kier alpha value is -3.00. The fraction of sp³-hybridized carbons (Fsp3) is 0.250. The molecule has 4 rings (SSSR count). The molecule has 2 aromatic carbocycles. The topological polar surface area (TPSA) is 70.3 Å². The molecule has 4 aromatic rings. The summed E-state index contributed by atoms with van der Waals surface area (Å²) in [7, 11) is 5.19. The van der Waals surface area contributed by atoms with Crippen LogP contribution in [0.3, 0.4) is 0 Å². The molecule has 0 aliphatic heterocycles. The quantitative estimate of drug-likeness (QED) is 0.289. The van der Waals surface area contributed by atoms with Crippen molar-refractivity contribution in [2.75, 3.05) is 7.11 Å². The van der Waals surface area contributed by atoms with E-state index in [1.165, 1.54) is 0 Å². The maximum atomic E-state index is 12.1. The Bertz CT molecular complexity index is 1260. The maximum Gasteiger partial charge on any atom is 0.328 e. The SMILES string of the molecule is COc1cc(CNCc2cccnc2)ccc1OCc1ccc2c(c1)n(C)c(=O)n2C.[Cl-].[Cl-]. The summed E-state index contributed by atoms with van der Waals surface area (Å²) in [6.07, 6.45) is 3.63. The number of fused-ring (bicyclic) bond motifs is 1. The fourth-order valence-corrected chi connectivity index (χ4v) is 3.60. The molecule has 0 saturated carbocycles.